The highest BCUT2D eigenvalue weighted by Gasteiger charge is 2.61. The minimum atomic E-state index is -2.01. The number of nitrogens with zero attached hydrogens (tertiary/aromatic N) is 3. The zero-order valence-electron chi connectivity index (χ0n) is 24.8. The smallest absolute Gasteiger partial charge is 0.362 e. The van der Waals surface area contributed by atoms with Crippen LogP contribution in [0.2, 0.25) is 18.1 Å². The number of fused-ring (bicyclic) bond motifs is 1. The third kappa shape index (κ3) is 5.77. The first-order valence-corrected chi connectivity index (χ1v) is 17.2. The number of ether oxygens (including phenoxy) is 1. The quantitative estimate of drug-likeness (QED) is 0.0948. The van der Waals surface area contributed by atoms with Crippen LogP contribution in [0.25, 0.3) is 0 Å². The maximum atomic E-state index is 13.7. The monoisotopic (exact) mass is 600 g/mol. The number of nitro groups is 1. The van der Waals surface area contributed by atoms with Crippen molar-refractivity contribution in [2.75, 3.05) is 19.6 Å². The molecular formula is C29H40N4O8Si. The molecule has 13 heteroatoms. The van der Waals surface area contributed by atoms with Gasteiger partial charge in [0.05, 0.1) is 34.5 Å². The molecule has 228 valence electrons. The predicted octanol–water partition coefficient (Wildman–Crippen LogP) is 3.23. The SMILES string of the molecule is CC[Si](CC)(CC)OC(C)[C@H]1C(=O)N2C(C(=O)OC(=O)c3ccc([N+](=O)[O-])cc3)=C(CN3CC[C@@H](C(N)=O)C3)[C@H](C)[C@H]12. The Kier molecular flexibility index (Phi) is 9.33. The fourth-order valence-electron chi connectivity index (χ4n) is 6.66. The number of esters is 2. The molecule has 1 aromatic carbocycles. The number of nitro benzene ring substituents is 1. The summed E-state index contributed by atoms with van der Waals surface area (Å²) < 4.78 is 11.9. The van der Waals surface area contributed by atoms with Gasteiger partial charge in [0.2, 0.25) is 11.8 Å². The number of nitrogens with two attached hydrogens (primary N) is 1. The van der Waals surface area contributed by atoms with Crippen LogP contribution in [0.4, 0.5) is 5.69 Å². The summed E-state index contributed by atoms with van der Waals surface area (Å²) in [5.74, 6) is -3.50. The molecular weight excluding hydrogens is 560 g/mol. The zero-order chi connectivity index (χ0) is 30.9. The topological polar surface area (TPSA) is 162 Å². The summed E-state index contributed by atoms with van der Waals surface area (Å²) in [6, 6.07) is 7.23. The lowest BCUT2D eigenvalue weighted by atomic mass is 9.77. The van der Waals surface area contributed by atoms with Crippen molar-refractivity contribution >= 4 is 37.8 Å². The fraction of sp³-hybridized carbons (Fsp3) is 0.586. The Morgan fingerprint density at radius 3 is 2.26 bits per heavy atom. The minimum Gasteiger partial charge on any atom is -0.413 e. The van der Waals surface area contributed by atoms with Crippen LogP contribution in [0.5, 0.6) is 0 Å². The Hall–Kier alpha value is -3.42. The van der Waals surface area contributed by atoms with Gasteiger partial charge in [0.25, 0.3) is 5.69 Å². The maximum Gasteiger partial charge on any atom is 0.362 e. The third-order valence-electron chi connectivity index (χ3n) is 9.43. The van der Waals surface area contributed by atoms with E-state index in [1.165, 1.54) is 17.0 Å². The lowest BCUT2D eigenvalue weighted by Crippen LogP contribution is -2.65. The number of amides is 2. The molecule has 0 radical (unpaired) electrons. The van der Waals surface area contributed by atoms with Crippen LogP contribution in [-0.2, 0) is 23.5 Å². The molecule has 5 atom stereocenters. The van der Waals surface area contributed by atoms with Crippen LogP contribution in [0.1, 0.15) is 51.4 Å². The van der Waals surface area contributed by atoms with Crippen LogP contribution in [0.3, 0.4) is 0 Å². The molecule has 1 aromatic rings. The number of carbonyl (C=O) groups is 4. The molecule has 42 heavy (non-hydrogen) atoms. The van der Waals surface area contributed by atoms with Gasteiger partial charge >= 0.3 is 11.9 Å². The molecule has 1 unspecified atom stereocenters. The van der Waals surface area contributed by atoms with Gasteiger partial charge in [-0.1, -0.05) is 27.7 Å². The van der Waals surface area contributed by atoms with E-state index in [-0.39, 0.29) is 52.7 Å². The molecule has 3 heterocycles. The molecule has 3 aliphatic heterocycles. The van der Waals surface area contributed by atoms with E-state index in [0.717, 1.165) is 30.3 Å². The Balaban J connectivity index is 1.60. The van der Waals surface area contributed by atoms with E-state index in [2.05, 4.69) is 20.8 Å². The van der Waals surface area contributed by atoms with E-state index >= 15 is 0 Å². The Bertz CT molecular complexity index is 1290. The molecule has 0 spiro atoms. The summed E-state index contributed by atoms with van der Waals surface area (Å²) in [4.78, 5) is 65.7. The molecule has 0 bridgehead atoms. The summed E-state index contributed by atoms with van der Waals surface area (Å²) >= 11 is 0. The summed E-state index contributed by atoms with van der Waals surface area (Å²) in [6.45, 7) is 11.6. The first kappa shape index (κ1) is 31.5. The minimum absolute atomic E-state index is 0.0302. The van der Waals surface area contributed by atoms with Gasteiger partial charge in [0.15, 0.2) is 8.32 Å². The molecule has 4 rings (SSSR count). The Labute approximate surface area is 246 Å². The Morgan fingerprint density at radius 2 is 1.74 bits per heavy atom. The molecule has 12 nitrogen and oxygen atoms in total. The average molecular weight is 601 g/mol. The Morgan fingerprint density at radius 1 is 1.12 bits per heavy atom. The van der Waals surface area contributed by atoms with Crippen molar-refractivity contribution in [3.63, 3.8) is 0 Å². The number of benzene rings is 1. The highest BCUT2D eigenvalue weighted by molar-refractivity contribution is 6.73. The second-order valence-electron chi connectivity index (χ2n) is 11.6. The molecule has 0 saturated carbocycles. The van der Waals surface area contributed by atoms with Gasteiger partial charge in [-0.3, -0.25) is 24.6 Å². The predicted molar refractivity (Wildman–Crippen MR) is 155 cm³/mol. The van der Waals surface area contributed by atoms with Gasteiger partial charge in [-0.2, -0.15) is 0 Å². The standard InChI is InChI=1S/C29H40N4O8Si/c1-6-42(7-2,8-3)41-18(5)23-24-17(4)22(16-31-14-13-20(15-31)26(30)34)25(32(24)27(23)35)29(37)40-28(36)19-9-11-21(12-10-19)33(38)39/h9-12,17-18,20,23-24H,6-8,13-16H2,1-5H3,(H2,30,34)/t17-,18?,20+,23+,24+/m0/s1. The largest absolute Gasteiger partial charge is 0.413 e. The first-order valence-electron chi connectivity index (χ1n) is 14.6. The van der Waals surface area contributed by atoms with Crippen molar-refractivity contribution in [1.29, 1.82) is 0 Å². The number of hydrogen-bond donors (Lipinski definition) is 1. The summed E-state index contributed by atoms with van der Waals surface area (Å²) in [5, 5.41) is 11.0. The van der Waals surface area contributed by atoms with Crippen molar-refractivity contribution < 1.29 is 33.3 Å². The maximum absolute atomic E-state index is 13.7. The van der Waals surface area contributed by atoms with Crippen molar-refractivity contribution in [2.45, 2.75) is 71.3 Å². The molecule has 2 saturated heterocycles. The highest BCUT2D eigenvalue weighted by atomic mass is 28.4. The number of primary amides is 1. The second kappa shape index (κ2) is 12.4. The van der Waals surface area contributed by atoms with E-state index in [1.54, 1.807) is 0 Å². The van der Waals surface area contributed by atoms with E-state index in [1.807, 2.05) is 18.7 Å². The fourth-order valence-corrected chi connectivity index (χ4v) is 9.59. The van der Waals surface area contributed by atoms with Crippen LogP contribution >= 0.6 is 0 Å². The zero-order valence-corrected chi connectivity index (χ0v) is 25.8. The van der Waals surface area contributed by atoms with Gasteiger partial charge in [0, 0.05) is 31.1 Å². The molecule has 0 aromatic heterocycles. The summed E-state index contributed by atoms with van der Waals surface area (Å²) in [5.41, 5.74) is 6.00. The molecule has 3 aliphatic rings. The van der Waals surface area contributed by atoms with E-state index in [9.17, 15) is 29.3 Å². The average Bonchev–Trinajstić information content (AvgIpc) is 3.53. The van der Waals surface area contributed by atoms with E-state index in [0.29, 0.717) is 31.6 Å². The van der Waals surface area contributed by atoms with Crippen LogP contribution in [0, 0.1) is 27.9 Å². The van der Waals surface area contributed by atoms with Crippen LogP contribution in [0.15, 0.2) is 35.5 Å². The van der Waals surface area contributed by atoms with Crippen molar-refractivity contribution in [3.8, 4) is 0 Å². The van der Waals surface area contributed by atoms with Crippen LogP contribution < -0.4 is 5.73 Å². The van der Waals surface area contributed by atoms with Crippen molar-refractivity contribution in [1.82, 2.24) is 9.80 Å². The molecule has 0 aliphatic carbocycles. The molecule has 2 N–H and O–H groups in total. The van der Waals surface area contributed by atoms with Gasteiger partial charge in [0.1, 0.15) is 5.70 Å². The van der Waals surface area contributed by atoms with Gasteiger partial charge in [-0.05, 0) is 55.7 Å². The molecule has 2 amide bonds. The summed E-state index contributed by atoms with van der Waals surface area (Å²) in [6.07, 6.45) is 0.268. The normalized spacial score (nSPS) is 24.8. The van der Waals surface area contributed by atoms with Crippen LogP contribution in [-0.4, -0.2) is 78.6 Å². The van der Waals surface area contributed by atoms with Crippen molar-refractivity contribution in [3.05, 3.63) is 51.2 Å². The second-order valence-corrected chi connectivity index (χ2v) is 16.3. The van der Waals surface area contributed by atoms with Gasteiger partial charge < -0.3 is 19.8 Å². The number of β-lactam (4-membered cyclic amide) rings is 1. The molecule has 2 fully saturated rings. The van der Waals surface area contributed by atoms with E-state index in [4.69, 9.17) is 14.9 Å². The van der Waals surface area contributed by atoms with Crippen molar-refractivity contribution in [2.24, 2.45) is 23.5 Å². The highest BCUT2D eigenvalue weighted by Crippen LogP contribution is 2.49. The van der Waals surface area contributed by atoms with Gasteiger partial charge in [-0.25, -0.2) is 9.59 Å². The van der Waals surface area contributed by atoms with Gasteiger partial charge in [-0.15, -0.1) is 0 Å². The lowest BCUT2D eigenvalue weighted by molar-refractivity contribution is -0.384. The number of likely N-dealkylation sites (tertiary alicyclic amines) is 1. The third-order valence-corrected chi connectivity index (χ3v) is 14.2. The lowest BCUT2D eigenvalue weighted by Gasteiger charge is -2.49. The van der Waals surface area contributed by atoms with E-state index < -0.39 is 31.1 Å². The summed E-state index contributed by atoms with van der Waals surface area (Å²) in [7, 11) is -2.01. The number of carbonyl (C=O) groups excluding carboxylic acids is 4. The first-order chi connectivity index (χ1) is 19.9. The number of rotatable bonds is 12. The number of non-ortho nitro benzene ring substituents is 1. The number of hydrogen-bond acceptors (Lipinski definition) is 9.